The van der Waals surface area contributed by atoms with Gasteiger partial charge in [-0.15, -0.1) is 0 Å². The van der Waals surface area contributed by atoms with Crippen molar-refractivity contribution in [3.63, 3.8) is 0 Å². The molecule has 5 nitrogen and oxygen atoms in total. The molecule has 19 heavy (non-hydrogen) atoms. The maximum Gasteiger partial charge on any atom is 0.321 e. The first-order valence-corrected chi connectivity index (χ1v) is 6.51. The highest BCUT2D eigenvalue weighted by Gasteiger charge is 2.20. The fraction of sp³-hybridized carbons (Fsp3) is 0.462. The molecule has 1 aliphatic rings. The van der Waals surface area contributed by atoms with Gasteiger partial charge in [-0.05, 0) is 12.8 Å². The molecule has 1 aliphatic heterocycles. The van der Waals surface area contributed by atoms with Crippen LogP contribution in [0.5, 0.6) is 11.5 Å². The van der Waals surface area contributed by atoms with E-state index in [-0.39, 0.29) is 6.03 Å². The second kappa shape index (κ2) is 6.02. The summed E-state index contributed by atoms with van der Waals surface area (Å²) in [6.07, 6.45) is 2.10. The number of benzene rings is 1. The molecular weight excluding hydrogens is 268 g/mol. The van der Waals surface area contributed by atoms with Crippen molar-refractivity contribution in [1.29, 1.82) is 0 Å². The van der Waals surface area contributed by atoms with E-state index in [2.05, 4.69) is 5.32 Å². The van der Waals surface area contributed by atoms with Crippen LogP contribution in [0.4, 0.5) is 10.5 Å². The topological polar surface area (TPSA) is 50.8 Å². The normalized spacial score (nSPS) is 14.4. The summed E-state index contributed by atoms with van der Waals surface area (Å²) in [7, 11) is 3.06. The lowest BCUT2D eigenvalue weighted by Crippen LogP contribution is -2.32. The molecule has 0 unspecified atom stereocenters. The fourth-order valence-corrected chi connectivity index (χ4v) is 2.30. The number of anilines is 1. The van der Waals surface area contributed by atoms with E-state index < -0.39 is 0 Å². The number of urea groups is 1. The molecule has 2 amide bonds. The Balaban J connectivity index is 2.20. The predicted molar refractivity (Wildman–Crippen MR) is 74.4 cm³/mol. The smallest absolute Gasteiger partial charge is 0.321 e. The van der Waals surface area contributed by atoms with Gasteiger partial charge in [0.2, 0.25) is 0 Å². The Morgan fingerprint density at radius 2 is 1.84 bits per heavy atom. The van der Waals surface area contributed by atoms with Gasteiger partial charge in [0.25, 0.3) is 0 Å². The zero-order chi connectivity index (χ0) is 13.8. The van der Waals surface area contributed by atoms with Crippen LogP contribution in [0.15, 0.2) is 12.1 Å². The molecular formula is C13H17ClN2O3. The van der Waals surface area contributed by atoms with Crippen LogP contribution in [0.1, 0.15) is 12.8 Å². The quantitative estimate of drug-likeness (QED) is 0.928. The molecule has 104 valence electrons. The Bertz CT molecular complexity index is 473. The molecule has 2 rings (SSSR count). The van der Waals surface area contributed by atoms with Gasteiger partial charge in [0, 0.05) is 25.2 Å². The van der Waals surface area contributed by atoms with Crippen LogP contribution < -0.4 is 14.8 Å². The fourth-order valence-electron chi connectivity index (χ4n) is 2.07. The number of carbonyl (C=O) groups excluding carboxylic acids is 1. The van der Waals surface area contributed by atoms with Gasteiger partial charge in [-0.25, -0.2) is 4.79 Å². The van der Waals surface area contributed by atoms with Crippen molar-refractivity contribution in [2.75, 3.05) is 32.6 Å². The average Bonchev–Trinajstić information content (AvgIpc) is 2.94. The van der Waals surface area contributed by atoms with E-state index in [4.69, 9.17) is 21.1 Å². The summed E-state index contributed by atoms with van der Waals surface area (Å²) in [4.78, 5) is 13.8. The molecule has 1 fully saturated rings. The van der Waals surface area contributed by atoms with Crippen LogP contribution in [0, 0.1) is 0 Å². The number of likely N-dealkylation sites (tertiary alicyclic amines) is 1. The van der Waals surface area contributed by atoms with Gasteiger partial charge in [0.05, 0.1) is 24.9 Å². The van der Waals surface area contributed by atoms with Crippen molar-refractivity contribution in [3.8, 4) is 11.5 Å². The van der Waals surface area contributed by atoms with E-state index >= 15 is 0 Å². The lowest BCUT2D eigenvalue weighted by Gasteiger charge is -2.18. The standard InChI is InChI=1S/C13H17ClN2O3/c1-18-11-8-10(12(19-2)7-9(11)14)15-13(17)16-5-3-4-6-16/h7-8H,3-6H2,1-2H3,(H,15,17). The van der Waals surface area contributed by atoms with E-state index in [1.54, 1.807) is 17.0 Å². The van der Waals surface area contributed by atoms with Crippen molar-refractivity contribution in [2.45, 2.75) is 12.8 Å². The molecule has 1 aromatic carbocycles. The van der Waals surface area contributed by atoms with Gasteiger partial charge in [-0.3, -0.25) is 0 Å². The molecule has 0 spiro atoms. The number of rotatable bonds is 3. The van der Waals surface area contributed by atoms with Crippen LogP contribution in [0.2, 0.25) is 5.02 Å². The maximum atomic E-state index is 12.1. The lowest BCUT2D eigenvalue weighted by molar-refractivity contribution is 0.222. The van der Waals surface area contributed by atoms with Crippen molar-refractivity contribution in [2.24, 2.45) is 0 Å². The summed E-state index contributed by atoms with van der Waals surface area (Å²) in [6.45, 7) is 1.58. The molecule has 1 heterocycles. The molecule has 0 saturated carbocycles. The lowest BCUT2D eigenvalue weighted by atomic mass is 10.2. The Kier molecular flexibility index (Phi) is 4.37. The number of nitrogens with one attached hydrogen (secondary N) is 1. The summed E-state index contributed by atoms with van der Waals surface area (Å²) >= 11 is 6.02. The number of hydrogen-bond acceptors (Lipinski definition) is 3. The van der Waals surface area contributed by atoms with Gasteiger partial charge in [-0.2, -0.15) is 0 Å². The van der Waals surface area contributed by atoms with Gasteiger partial charge >= 0.3 is 6.03 Å². The van der Waals surface area contributed by atoms with Crippen molar-refractivity contribution < 1.29 is 14.3 Å². The number of halogens is 1. The first-order valence-electron chi connectivity index (χ1n) is 6.13. The van der Waals surface area contributed by atoms with Crippen molar-refractivity contribution in [3.05, 3.63) is 17.2 Å². The van der Waals surface area contributed by atoms with Gasteiger partial charge in [0.15, 0.2) is 0 Å². The highest BCUT2D eigenvalue weighted by molar-refractivity contribution is 6.32. The van der Waals surface area contributed by atoms with Crippen LogP contribution in [0.25, 0.3) is 0 Å². The third kappa shape index (κ3) is 3.04. The Morgan fingerprint density at radius 3 is 2.42 bits per heavy atom. The minimum Gasteiger partial charge on any atom is -0.495 e. The molecule has 1 aromatic rings. The highest BCUT2D eigenvalue weighted by atomic mass is 35.5. The molecule has 0 aromatic heterocycles. The Labute approximate surface area is 117 Å². The number of amides is 2. The molecule has 1 saturated heterocycles. The average molecular weight is 285 g/mol. The van der Waals surface area contributed by atoms with E-state index in [1.165, 1.54) is 14.2 Å². The first kappa shape index (κ1) is 13.8. The summed E-state index contributed by atoms with van der Waals surface area (Å²) < 4.78 is 10.4. The SMILES string of the molecule is COc1cc(NC(=O)N2CCCC2)c(OC)cc1Cl. The van der Waals surface area contributed by atoms with Gasteiger partial charge in [0.1, 0.15) is 11.5 Å². The zero-order valence-corrected chi connectivity index (χ0v) is 11.8. The molecule has 0 bridgehead atoms. The number of ether oxygens (including phenoxy) is 2. The first-order chi connectivity index (χ1) is 9.15. The molecule has 0 aliphatic carbocycles. The Morgan fingerprint density at radius 1 is 1.21 bits per heavy atom. The molecule has 0 radical (unpaired) electrons. The molecule has 0 atom stereocenters. The third-order valence-corrected chi connectivity index (χ3v) is 3.40. The van der Waals surface area contributed by atoms with Crippen LogP contribution in [0.3, 0.4) is 0 Å². The number of hydrogen-bond donors (Lipinski definition) is 1. The predicted octanol–water partition coefficient (Wildman–Crippen LogP) is 2.98. The second-order valence-electron chi connectivity index (χ2n) is 4.31. The number of methoxy groups -OCH3 is 2. The summed E-state index contributed by atoms with van der Waals surface area (Å²) in [6, 6.07) is 3.16. The van der Waals surface area contributed by atoms with E-state index in [0.717, 1.165) is 25.9 Å². The van der Waals surface area contributed by atoms with E-state index in [0.29, 0.717) is 22.2 Å². The Hall–Kier alpha value is -1.62. The van der Waals surface area contributed by atoms with Crippen molar-refractivity contribution in [1.82, 2.24) is 4.90 Å². The third-order valence-electron chi connectivity index (χ3n) is 3.11. The van der Waals surface area contributed by atoms with E-state index in [9.17, 15) is 4.79 Å². The minimum absolute atomic E-state index is 0.125. The molecule has 1 N–H and O–H groups in total. The highest BCUT2D eigenvalue weighted by Crippen LogP contribution is 2.36. The van der Waals surface area contributed by atoms with Gasteiger partial charge < -0.3 is 19.7 Å². The zero-order valence-electron chi connectivity index (χ0n) is 11.0. The summed E-state index contributed by atoms with van der Waals surface area (Å²) in [5, 5.41) is 3.27. The largest absolute Gasteiger partial charge is 0.495 e. The van der Waals surface area contributed by atoms with Crippen LogP contribution in [-0.2, 0) is 0 Å². The monoisotopic (exact) mass is 284 g/mol. The van der Waals surface area contributed by atoms with E-state index in [1.807, 2.05) is 0 Å². The summed E-state index contributed by atoms with van der Waals surface area (Å²) in [5.74, 6) is 1.01. The minimum atomic E-state index is -0.125. The number of nitrogens with zero attached hydrogens (tertiary/aromatic N) is 1. The van der Waals surface area contributed by atoms with Crippen LogP contribution in [-0.4, -0.2) is 38.2 Å². The maximum absolute atomic E-state index is 12.1. The summed E-state index contributed by atoms with van der Waals surface area (Å²) in [5.41, 5.74) is 0.556. The number of carbonyl (C=O) groups is 1. The van der Waals surface area contributed by atoms with Crippen molar-refractivity contribution >= 4 is 23.3 Å². The van der Waals surface area contributed by atoms with Crippen LogP contribution >= 0.6 is 11.6 Å². The molecule has 6 heteroatoms. The second-order valence-corrected chi connectivity index (χ2v) is 4.72. The van der Waals surface area contributed by atoms with Gasteiger partial charge in [-0.1, -0.05) is 11.6 Å².